The van der Waals surface area contributed by atoms with E-state index < -0.39 is 10.0 Å². The summed E-state index contributed by atoms with van der Waals surface area (Å²) in [6, 6.07) is 0. The summed E-state index contributed by atoms with van der Waals surface area (Å²) < 4.78 is 33.7. The van der Waals surface area contributed by atoms with Crippen LogP contribution in [0.5, 0.6) is 0 Å². The molecule has 6 rings (SSSR count). The first-order valence-electron chi connectivity index (χ1n) is 12.7. The maximum atomic E-state index is 13.0. The Morgan fingerprint density at radius 1 is 1.00 bits per heavy atom. The molecule has 0 spiro atoms. The normalized spacial score (nSPS) is 38.3. The van der Waals surface area contributed by atoms with Crippen LogP contribution in [-0.4, -0.2) is 60.4 Å². The van der Waals surface area contributed by atoms with E-state index in [0.717, 1.165) is 54.9 Å². The fourth-order valence-electron chi connectivity index (χ4n) is 7.78. The van der Waals surface area contributed by atoms with Crippen LogP contribution in [0, 0.1) is 23.2 Å². The smallest absolute Gasteiger partial charge is 0.359 e. The molecule has 1 heterocycles. The van der Waals surface area contributed by atoms with Gasteiger partial charge in [0, 0.05) is 16.3 Å². The zero-order valence-electron chi connectivity index (χ0n) is 19.1. The van der Waals surface area contributed by atoms with Gasteiger partial charge >= 0.3 is 5.97 Å². The predicted molar refractivity (Wildman–Crippen MR) is 125 cm³/mol. The van der Waals surface area contributed by atoms with Gasteiger partial charge in [0.25, 0.3) is 0 Å². The Labute approximate surface area is 191 Å². The number of carbonyl (C=O) groups is 1. The molecule has 0 N–H and O–H groups in total. The van der Waals surface area contributed by atoms with Crippen molar-refractivity contribution in [1.82, 2.24) is 4.31 Å². The van der Waals surface area contributed by atoms with Gasteiger partial charge in [-0.25, -0.2) is 13.2 Å². The van der Waals surface area contributed by atoms with Crippen LogP contribution in [0.3, 0.4) is 0 Å². The van der Waals surface area contributed by atoms with Crippen LogP contribution in [-0.2, 0) is 30.4 Å². The Hall–Kier alpha value is -0.270. The van der Waals surface area contributed by atoms with E-state index >= 15 is 0 Å². The Balaban J connectivity index is 1.11. The van der Waals surface area contributed by atoms with Crippen LogP contribution in [0.2, 0.25) is 0 Å². The molecule has 1 unspecified atom stereocenters. The molecule has 0 aromatic heterocycles. The molecular weight excluding hydrogens is 430 g/mol. The lowest BCUT2D eigenvalue weighted by Gasteiger charge is -2.56. The van der Waals surface area contributed by atoms with Crippen molar-refractivity contribution in [2.75, 3.05) is 31.2 Å². The summed E-state index contributed by atoms with van der Waals surface area (Å²) in [7, 11) is -3.24. The number of hydrogen-bond donors (Lipinski definition) is 0. The summed E-state index contributed by atoms with van der Waals surface area (Å²) in [4.78, 5) is 12.9. The van der Waals surface area contributed by atoms with Crippen molar-refractivity contribution >= 4 is 26.9 Å². The molecule has 5 nitrogen and oxygen atoms in total. The summed E-state index contributed by atoms with van der Waals surface area (Å²) in [6.07, 6.45) is 12.9. The molecule has 1 atom stereocenters. The van der Waals surface area contributed by atoms with Crippen LogP contribution in [0.15, 0.2) is 0 Å². The van der Waals surface area contributed by atoms with Crippen molar-refractivity contribution < 1.29 is 17.9 Å². The van der Waals surface area contributed by atoms with Crippen molar-refractivity contribution in [1.29, 1.82) is 0 Å². The van der Waals surface area contributed by atoms with Crippen molar-refractivity contribution in [2.45, 2.75) is 88.1 Å². The molecule has 4 bridgehead atoms. The molecular formula is C24H40NO4S2+. The molecule has 1 aliphatic heterocycles. The third kappa shape index (κ3) is 4.57. The monoisotopic (exact) mass is 470 g/mol. The van der Waals surface area contributed by atoms with Crippen molar-refractivity contribution in [3.8, 4) is 0 Å². The lowest BCUT2D eigenvalue weighted by molar-refractivity contribution is -0.154. The molecule has 1 saturated heterocycles. The molecule has 0 amide bonds. The Kier molecular flexibility index (Phi) is 6.41. The molecule has 176 valence electrons. The van der Waals surface area contributed by atoms with Gasteiger partial charge in [-0.05, 0) is 76.0 Å². The van der Waals surface area contributed by atoms with E-state index in [2.05, 4.69) is 0 Å². The van der Waals surface area contributed by atoms with E-state index in [1.54, 1.807) is 4.31 Å². The molecule has 0 radical (unpaired) electrons. The van der Waals surface area contributed by atoms with E-state index in [1.807, 2.05) is 6.92 Å². The molecule has 6 fully saturated rings. The number of hydrogen-bond acceptors (Lipinski definition) is 4. The fourth-order valence-corrected chi connectivity index (χ4v) is 12.2. The van der Waals surface area contributed by atoms with Gasteiger partial charge in [-0.3, -0.25) is 0 Å². The van der Waals surface area contributed by atoms with Gasteiger partial charge in [-0.15, -0.1) is 0 Å². The lowest BCUT2D eigenvalue weighted by Crippen LogP contribution is -2.51. The molecule has 6 aliphatic rings. The minimum atomic E-state index is -3.17. The number of nitrogens with zero attached hydrogens (tertiary/aromatic N) is 1. The zero-order chi connectivity index (χ0) is 21.6. The van der Waals surface area contributed by atoms with Crippen molar-refractivity contribution in [2.24, 2.45) is 23.2 Å². The van der Waals surface area contributed by atoms with Gasteiger partial charge in [0.05, 0.1) is 24.9 Å². The maximum absolute atomic E-state index is 13.0. The zero-order valence-corrected chi connectivity index (χ0v) is 20.7. The molecule has 5 saturated carbocycles. The molecule has 5 aliphatic carbocycles. The van der Waals surface area contributed by atoms with Crippen LogP contribution in [0.1, 0.15) is 77.6 Å². The predicted octanol–water partition coefficient (Wildman–Crippen LogP) is 3.73. The number of ether oxygens (including phenoxy) is 1. The average Bonchev–Trinajstić information content (AvgIpc) is 2.77. The third-order valence-electron chi connectivity index (χ3n) is 9.06. The van der Waals surface area contributed by atoms with E-state index in [1.165, 1.54) is 44.9 Å². The van der Waals surface area contributed by atoms with Gasteiger partial charge in [-0.1, -0.05) is 19.3 Å². The molecule has 0 aromatic carbocycles. The highest BCUT2D eigenvalue weighted by atomic mass is 32.2. The number of sulfonamides is 1. The van der Waals surface area contributed by atoms with Crippen LogP contribution < -0.4 is 0 Å². The summed E-state index contributed by atoms with van der Waals surface area (Å²) in [5.41, 5.74) is 0.269. The number of carbonyl (C=O) groups excluding carboxylic acids is 1. The maximum Gasteiger partial charge on any atom is 0.359 e. The van der Waals surface area contributed by atoms with Crippen molar-refractivity contribution in [3.63, 3.8) is 0 Å². The fraction of sp³-hybridized carbons (Fsp3) is 0.958. The van der Waals surface area contributed by atoms with Crippen molar-refractivity contribution in [3.05, 3.63) is 0 Å². The Morgan fingerprint density at radius 2 is 1.55 bits per heavy atom. The average molecular weight is 471 g/mol. The first-order valence-corrected chi connectivity index (χ1v) is 15.8. The van der Waals surface area contributed by atoms with Crippen LogP contribution in [0.4, 0.5) is 0 Å². The minimum absolute atomic E-state index is 0.0392. The SMILES string of the molecule is CC(C(=O)OCC12CC3CC(CC(C3)C1)C2)[S+]1CCN(S(=O)(=O)C2CCCCC2)CC1. The highest BCUT2D eigenvalue weighted by Crippen LogP contribution is 2.60. The summed E-state index contributed by atoms with van der Waals surface area (Å²) in [5, 5.41) is -0.280. The van der Waals surface area contributed by atoms with Gasteiger partial charge < -0.3 is 4.74 Å². The van der Waals surface area contributed by atoms with Crippen LogP contribution in [0.25, 0.3) is 0 Å². The molecule has 31 heavy (non-hydrogen) atoms. The van der Waals surface area contributed by atoms with E-state index in [4.69, 9.17) is 4.74 Å². The summed E-state index contributed by atoms with van der Waals surface area (Å²) in [5.74, 6) is 4.20. The van der Waals surface area contributed by atoms with E-state index in [-0.39, 0.29) is 32.8 Å². The standard InChI is InChI=1S/C24H40NO4S2/c1-18(23(26)29-17-24-14-19-11-20(15-24)13-21(12-19)16-24)30-9-7-25(8-10-30)31(27,28)22-5-3-2-4-6-22/h18-22H,2-17H2,1H3/q+1. The highest BCUT2D eigenvalue weighted by molar-refractivity contribution is 7.98. The summed E-state index contributed by atoms with van der Waals surface area (Å²) in [6.45, 7) is 3.79. The summed E-state index contributed by atoms with van der Waals surface area (Å²) >= 11 is 0. The Bertz CT molecular complexity index is 733. The number of esters is 1. The van der Waals surface area contributed by atoms with Crippen LogP contribution >= 0.6 is 0 Å². The van der Waals surface area contributed by atoms with Gasteiger partial charge in [-0.2, -0.15) is 4.31 Å². The van der Waals surface area contributed by atoms with Gasteiger partial charge in [0.1, 0.15) is 11.5 Å². The third-order valence-corrected chi connectivity index (χ3v) is 14.1. The first kappa shape index (κ1) is 22.5. The lowest BCUT2D eigenvalue weighted by atomic mass is 9.50. The van der Waals surface area contributed by atoms with E-state index in [9.17, 15) is 13.2 Å². The van der Waals surface area contributed by atoms with Gasteiger partial charge in [0.15, 0.2) is 0 Å². The first-order chi connectivity index (χ1) is 14.8. The number of rotatable bonds is 6. The largest absolute Gasteiger partial charge is 0.461 e. The topological polar surface area (TPSA) is 63.7 Å². The molecule has 7 heteroatoms. The second-order valence-electron chi connectivity index (χ2n) is 11.3. The second-order valence-corrected chi connectivity index (χ2v) is 16.1. The quantitative estimate of drug-likeness (QED) is 0.438. The minimum Gasteiger partial charge on any atom is -0.461 e. The highest BCUT2D eigenvalue weighted by Gasteiger charge is 2.52. The Morgan fingerprint density at radius 3 is 2.10 bits per heavy atom. The van der Waals surface area contributed by atoms with Gasteiger partial charge in [0.2, 0.25) is 15.3 Å². The molecule has 0 aromatic rings. The van der Waals surface area contributed by atoms with E-state index in [0.29, 0.717) is 19.7 Å². The second kappa shape index (κ2) is 8.83.